The van der Waals surface area contributed by atoms with Crippen LogP contribution in [0.5, 0.6) is 0 Å². The van der Waals surface area contributed by atoms with E-state index in [9.17, 15) is 0 Å². The number of aromatic nitrogens is 3. The molecule has 0 bridgehead atoms. The van der Waals surface area contributed by atoms with Crippen molar-refractivity contribution in [2.24, 2.45) is 0 Å². The Kier molecular flexibility index (Phi) is 7.64. The summed E-state index contributed by atoms with van der Waals surface area (Å²) in [6.45, 7) is 0. The minimum absolute atomic E-state index is 0.598. The van der Waals surface area contributed by atoms with E-state index in [2.05, 4.69) is 140 Å². The van der Waals surface area contributed by atoms with Crippen molar-refractivity contribution in [2.45, 2.75) is 0 Å². The van der Waals surface area contributed by atoms with Gasteiger partial charge in [-0.2, -0.15) is 0 Å². The van der Waals surface area contributed by atoms with Crippen LogP contribution in [-0.4, -0.2) is 15.0 Å². The number of fused-ring (bicyclic) bond motifs is 6. The second-order valence-electron chi connectivity index (χ2n) is 14.0. The molecule has 0 amide bonds. The SMILES string of the molecule is c1ccc(-c2ccc(-c3nc(-c4ccccc4)nc(-c4cccc5oc6cc(-c7cc(-c8ccccc8)c8c(c7)sc7ccccc78)ccc6c45)n3)cc2)cc1. The lowest BCUT2D eigenvalue weighted by Crippen LogP contribution is -2.00. The predicted molar refractivity (Wildman–Crippen MR) is 233 cm³/mol. The summed E-state index contributed by atoms with van der Waals surface area (Å²) in [6.07, 6.45) is 0. The van der Waals surface area contributed by atoms with Gasteiger partial charge in [-0.05, 0) is 69.8 Å². The van der Waals surface area contributed by atoms with E-state index in [4.69, 9.17) is 19.4 Å². The van der Waals surface area contributed by atoms with E-state index in [0.29, 0.717) is 17.5 Å². The van der Waals surface area contributed by atoms with Crippen molar-refractivity contribution in [1.82, 2.24) is 15.0 Å². The van der Waals surface area contributed by atoms with Crippen LogP contribution in [0, 0.1) is 0 Å². The van der Waals surface area contributed by atoms with Crippen LogP contribution in [0.1, 0.15) is 0 Å². The quantitative estimate of drug-likeness (QED) is 0.171. The Morgan fingerprint density at radius 3 is 1.66 bits per heavy atom. The van der Waals surface area contributed by atoms with E-state index in [-0.39, 0.29) is 0 Å². The van der Waals surface area contributed by atoms with Crippen LogP contribution in [0.15, 0.2) is 192 Å². The highest BCUT2D eigenvalue weighted by Gasteiger charge is 2.19. The summed E-state index contributed by atoms with van der Waals surface area (Å²) in [6, 6.07) is 65.6. The maximum absolute atomic E-state index is 6.64. The first kappa shape index (κ1) is 32.2. The van der Waals surface area contributed by atoms with Crippen molar-refractivity contribution >= 4 is 53.4 Å². The third-order valence-electron chi connectivity index (χ3n) is 10.6. The van der Waals surface area contributed by atoms with Crippen LogP contribution < -0.4 is 0 Å². The molecule has 56 heavy (non-hydrogen) atoms. The largest absolute Gasteiger partial charge is 0.456 e. The van der Waals surface area contributed by atoms with Crippen molar-refractivity contribution in [3.8, 4) is 67.5 Å². The van der Waals surface area contributed by atoms with Gasteiger partial charge in [-0.25, -0.2) is 15.0 Å². The predicted octanol–water partition coefficient (Wildman–Crippen LogP) is 14.1. The van der Waals surface area contributed by atoms with Crippen LogP contribution in [0.3, 0.4) is 0 Å². The van der Waals surface area contributed by atoms with E-state index in [1.165, 1.54) is 36.9 Å². The first-order chi connectivity index (χ1) is 27.7. The van der Waals surface area contributed by atoms with E-state index in [0.717, 1.165) is 55.3 Å². The van der Waals surface area contributed by atoms with Crippen molar-refractivity contribution in [2.75, 3.05) is 0 Å². The number of rotatable bonds is 6. The first-order valence-corrected chi connectivity index (χ1v) is 19.5. The molecule has 0 aliphatic carbocycles. The highest BCUT2D eigenvalue weighted by atomic mass is 32.1. The summed E-state index contributed by atoms with van der Waals surface area (Å²) in [5.74, 6) is 1.84. The Bertz CT molecular complexity index is 3230. The molecule has 0 unspecified atom stereocenters. The molecule has 0 atom stereocenters. The molecule has 0 spiro atoms. The van der Waals surface area contributed by atoms with Gasteiger partial charge in [0.25, 0.3) is 0 Å². The molecule has 8 aromatic carbocycles. The Balaban J connectivity index is 1.05. The van der Waals surface area contributed by atoms with Gasteiger partial charge < -0.3 is 4.42 Å². The summed E-state index contributed by atoms with van der Waals surface area (Å²) >= 11 is 1.84. The van der Waals surface area contributed by atoms with Crippen molar-refractivity contribution in [3.05, 3.63) is 188 Å². The lowest BCUT2D eigenvalue weighted by atomic mass is 9.94. The molecule has 0 saturated heterocycles. The molecule has 3 heterocycles. The third-order valence-corrected chi connectivity index (χ3v) is 11.7. The molecular weight excluding hydrogens is 703 g/mol. The fourth-order valence-corrected chi connectivity index (χ4v) is 9.01. The molecule has 0 radical (unpaired) electrons. The second-order valence-corrected chi connectivity index (χ2v) is 15.1. The van der Waals surface area contributed by atoms with Crippen LogP contribution in [0.25, 0.3) is 110 Å². The molecular formula is C51H31N3OS. The van der Waals surface area contributed by atoms with Crippen LogP contribution >= 0.6 is 11.3 Å². The fraction of sp³-hybridized carbons (Fsp3) is 0. The van der Waals surface area contributed by atoms with Gasteiger partial charge in [0.05, 0.1) is 0 Å². The van der Waals surface area contributed by atoms with E-state index in [1.54, 1.807) is 0 Å². The summed E-state index contributed by atoms with van der Waals surface area (Å²) in [5, 5.41) is 4.59. The van der Waals surface area contributed by atoms with Gasteiger partial charge in [-0.3, -0.25) is 0 Å². The molecule has 3 aromatic heterocycles. The van der Waals surface area contributed by atoms with Crippen LogP contribution in [0.4, 0.5) is 0 Å². The molecule has 0 saturated carbocycles. The first-order valence-electron chi connectivity index (χ1n) is 18.7. The van der Waals surface area contributed by atoms with E-state index < -0.39 is 0 Å². The number of thiophene rings is 1. The third kappa shape index (κ3) is 5.56. The Morgan fingerprint density at radius 1 is 0.321 bits per heavy atom. The lowest BCUT2D eigenvalue weighted by molar-refractivity contribution is 0.669. The molecule has 0 aliphatic rings. The fourth-order valence-electron chi connectivity index (χ4n) is 7.84. The van der Waals surface area contributed by atoms with Gasteiger partial charge in [0.1, 0.15) is 11.2 Å². The number of hydrogen-bond acceptors (Lipinski definition) is 5. The minimum Gasteiger partial charge on any atom is -0.456 e. The Hall–Kier alpha value is -7.21. The number of nitrogens with zero attached hydrogens (tertiary/aromatic N) is 3. The summed E-state index contributed by atoms with van der Waals surface area (Å²) < 4.78 is 9.20. The van der Waals surface area contributed by atoms with Crippen LogP contribution in [-0.2, 0) is 0 Å². The smallest absolute Gasteiger partial charge is 0.164 e. The number of benzene rings is 8. The Morgan fingerprint density at radius 2 is 0.911 bits per heavy atom. The van der Waals surface area contributed by atoms with E-state index in [1.807, 2.05) is 59.9 Å². The van der Waals surface area contributed by atoms with Gasteiger partial charge in [-0.15, -0.1) is 11.3 Å². The average molecular weight is 734 g/mol. The van der Waals surface area contributed by atoms with Gasteiger partial charge in [0.15, 0.2) is 17.5 Å². The topological polar surface area (TPSA) is 51.8 Å². The summed E-state index contributed by atoms with van der Waals surface area (Å²) in [4.78, 5) is 15.2. The van der Waals surface area contributed by atoms with Crippen molar-refractivity contribution in [1.29, 1.82) is 0 Å². The monoisotopic (exact) mass is 733 g/mol. The maximum Gasteiger partial charge on any atom is 0.164 e. The van der Waals surface area contributed by atoms with Crippen molar-refractivity contribution in [3.63, 3.8) is 0 Å². The summed E-state index contributed by atoms with van der Waals surface area (Å²) in [5.41, 5.74) is 11.3. The molecule has 11 aromatic rings. The molecule has 0 N–H and O–H groups in total. The second kappa shape index (κ2) is 13.3. The zero-order valence-corrected chi connectivity index (χ0v) is 30.9. The molecule has 4 nitrogen and oxygen atoms in total. The minimum atomic E-state index is 0.598. The molecule has 262 valence electrons. The number of hydrogen-bond donors (Lipinski definition) is 0. The zero-order chi connectivity index (χ0) is 37.0. The van der Waals surface area contributed by atoms with Gasteiger partial charge in [0.2, 0.25) is 0 Å². The highest BCUT2D eigenvalue weighted by Crippen LogP contribution is 2.44. The normalized spacial score (nSPS) is 11.6. The average Bonchev–Trinajstić information content (AvgIpc) is 3.85. The Labute approximate surface area is 327 Å². The van der Waals surface area contributed by atoms with Gasteiger partial charge in [0, 0.05) is 47.6 Å². The molecule has 0 aliphatic heterocycles. The number of furan rings is 1. The molecule has 11 rings (SSSR count). The van der Waals surface area contributed by atoms with Gasteiger partial charge in [-0.1, -0.05) is 152 Å². The highest BCUT2D eigenvalue weighted by molar-refractivity contribution is 7.26. The van der Waals surface area contributed by atoms with Gasteiger partial charge >= 0.3 is 0 Å². The lowest BCUT2D eigenvalue weighted by Gasteiger charge is -2.10. The molecule has 0 fully saturated rings. The van der Waals surface area contributed by atoms with Crippen LogP contribution in [0.2, 0.25) is 0 Å². The molecule has 5 heteroatoms. The zero-order valence-electron chi connectivity index (χ0n) is 30.1. The maximum atomic E-state index is 6.64. The standard InChI is InChI=1S/C51H31N3OS/c1-4-13-32(14-5-1)33-23-25-36(26-24-33)50-52-49(35-17-8-3-9-18-35)53-51(54-50)41-20-12-21-43-47(41)39-28-27-37(30-44(39)55-43)38-29-42(34-15-6-2-7-16-34)48-40-19-10-11-22-45(40)56-46(48)31-38/h1-31H. The van der Waals surface area contributed by atoms with Crippen molar-refractivity contribution < 1.29 is 4.42 Å². The van der Waals surface area contributed by atoms with E-state index >= 15 is 0 Å². The summed E-state index contributed by atoms with van der Waals surface area (Å²) in [7, 11) is 0.